The zero-order valence-electron chi connectivity index (χ0n) is 3.97. The van der Waals surface area contributed by atoms with Gasteiger partial charge in [-0.2, -0.15) is 0 Å². The van der Waals surface area contributed by atoms with Crippen molar-refractivity contribution >= 4 is 58.0 Å². The van der Waals surface area contributed by atoms with E-state index in [0.29, 0.717) is 5.03 Å². The summed E-state index contributed by atoms with van der Waals surface area (Å²) in [7, 11) is 0. The summed E-state index contributed by atoms with van der Waals surface area (Å²) >= 11 is 27.6. The largest absolute Gasteiger partial charge is 0.175 e. The molecule has 0 amide bonds. The highest BCUT2D eigenvalue weighted by Crippen LogP contribution is 2.53. The molecular formula is C4HCl5. The van der Waals surface area contributed by atoms with Gasteiger partial charge in [-0.1, -0.05) is 46.4 Å². The summed E-state index contributed by atoms with van der Waals surface area (Å²) in [4.78, 5) is 0. The van der Waals surface area contributed by atoms with Crippen LogP contribution < -0.4 is 0 Å². The molecular weight excluding hydrogens is 225 g/mol. The summed E-state index contributed by atoms with van der Waals surface area (Å²) in [6, 6.07) is 0. The van der Waals surface area contributed by atoms with Gasteiger partial charge in [0.1, 0.15) is 5.38 Å². The molecule has 5 heteroatoms. The van der Waals surface area contributed by atoms with Crippen LogP contribution in [0.5, 0.6) is 0 Å². The van der Waals surface area contributed by atoms with Gasteiger partial charge < -0.3 is 0 Å². The first-order valence-corrected chi connectivity index (χ1v) is 4.00. The third-order valence-corrected chi connectivity index (χ3v) is 3.94. The maximum absolute atomic E-state index is 5.56. The normalized spacial score (nSPS) is 32.3. The fourth-order valence-corrected chi connectivity index (χ4v) is 1.95. The zero-order valence-corrected chi connectivity index (χ0v) is 7.75. The lowest BCUT2D eigenvalue weighted by atomic mass is 10.1. The molecule has 0 bridgehead atoms. The Morgan fingerprint density at radius 2 is 1.67 bits per heavy atom. The second-order valence-electron chi connectivity index (χ2n) is 1.65. The molecule has 1 aliphatic rings. The Bertz CT molecular complexity index is 170. The summed E-state index contributed by atoms with van der Waals surface area (Å²) in [5.74, 6) is 0. The van der Waals surface area contributed by atoms with E-state index in [1.807, 2.05) is 0 Å². The Kier molecular flexibility index (Phi) is 2.17. The van der Waals surface area contributed by atoms with Crippen LogP contribution in [0.4, 0.5) is 0 Å². The van der Waals surface area contributed by atoms with Crippen molar-refractivity contribution in [3.8, 4) is 0 Å². The first-order valence-electron chi connectivity index (χ1n) is 2.05. The summed E-state index contributed by atoms with van der Waals surface area (Å²) < 4.78 is -1.17. The Morgan fingerprint density at radius 1 is 1.22 bits per heavy atom. The fourth-order valence-electron chi connectivity index (χ4n) is 0.463. The van der Waals surface area contributed by atoms with Crippen LogP contribution in [0.15, 0.2) is 10.1 Å². The molecule has 1 unspecified atom stereocenters. The van der Waals surface area contributed by atoms with Crippen molar-refractivity contribution in [2.45, 2.75) is 9.71 Å². The summed E-state index contributed by atoms with van der Waals surface area (Å²) in [5, 5.41) is 0.00540. The minimum Gasteiger partial charge on any atom is -0.113 e. The Labute approximate surface area is 77.7 Å². The number of hydrogen-bond donors (Lipinski definition) is 0. The van der Waals surface area contributed by atoms with E-state index in [0.717, 1.165) is 0 Å². The fraction of sp³-hybridized carbons (Fsp3) is 0.500. The van der Waals surface area contributed by atoms with Gasteiger partial charge in [0.05, 0.1) is 10.1 Å². The Morgan fingerprint density at radius 3 is 1.78 bits per heavy atom. The lowest BCUT2D eigenvalue weighted by molar-refractivity contribution is 0.857. The van der Waals surface area contributed by atoms with Crippen LogP contribution in [-0.4, -0.2) is 9.71 Å². The van der Waals surface area contributed by atoms with E-state index >= 15 is 0 Å². The van der Waals surface area contributed by atoms with E-state index < -0.39 is 9.71 Å². The minimum atomic E-state index is -1.17. The average molecular weight is 226 g/mol. The van der Waals surface area contributed by atoms with Gasteiger partial charge in [0.15, 0.2) is 4.33 Å². The molecule has 0 nitrogen and oxygen atoms in total. The van der Waals surface area contributed by atoms with E-state index in [-0.39, 0.29) is 5.03 Å². The highest BCUT2D eigenvalue weighted by atomic mass is 35.5. The standard InChI is InChI=1S/C4HCl5/c5-1-2(6)4(8,9)3(1)7/h2H. The molecule has 0 aliphatic heterocycles. The van der Waals surface area contributed by atoms with Crippen molar-refractivity contribution in [1.82, 2.24) is 0 Å². The maximum Gasteiger partial charge on any atom is 0.175 e. The predicted octanol–water partition coefficient (Wildman–Crippen LogP) is 3.47. The van der Waals surface area contributed by atoms with Gasteiger partial charge in [-0.3, -0.25) is 0 Å². The van der Waals surface area contributed by atoms with Crippen molar-refractivity contribution in [3.63, 3.8) is 0 Å². The number of rotatable bonds is 0. The third kappa shape index (κ3) is 1.06. The molecule has 1 atom stereocenters. The molecule has 0 saturated carbocycles. The molecule has 0 aromatic heterocycles. The molecule has 0 heterocycles. The van der Waals surface area contributed by atoms with Crippen molar-refractivity contribution in [2.75, 3.05) is 0 Å². The summed E-state index contributed by atoms with van der Waals surface area (Å²) in [5.41, 5.74) is 0. The SMILES string of the molecule is ClC1=C(Cl)C(Cl)(Cl)C1Cl. The highest BCUT2D eigenvalue weighted by molar-refractivity contribution is 6.65. The number of halogens is 5. The van der Waals surface area contributed by atoms with Crippen LogP contribution >= 0.6 is 58.0 Å². The van der Waals surface area contributed by atoms with Crippen LogP contribution in [0.25, 0.3) is 0 Å². The van der Waals surface area contributed by atoms with Gasteiger partial charge in [0.25, 0.3) is 0 Å². The summed E-state index contributed by atoms with van der Waals surface area (Å²) in [6.07, 6.45) is 0. The van der Waals surface area contributed by atoms with Gasteiger partial charge in [0, 0.05) is 0 Å². The lowest BCUT2D eigenvalue weighted by Crippen LogP contribution is -2.37. The molecule has 9 heavy (non-hydrogen) atoms. The van der Waals surface area contributed by atoms with Gasteiger partial charge in [0.2, 0.25) is 0 Å². The van der Waals surface area contributed by atoms with Crippen molar-refractivity contribution in [2.24, 2.45) is 0 Å². The quantitative estimate of drug-likeness (QED) is 0.555. The highest BCUT2D eigenvalue weighted by Gasteiger charge is 2.50. The molecule has 0 N–H and O–H groups in total. The molecule has 0 saturated heterocycles. The van der Waals surface area contributed by atoms with Crippen molar-refractivity contribution in [3.05, 3.63) is 10.1 Å². The zero-order chi connectivity index (χ0) is 7.23. The van der Waals surface area contributed by atoms with Crippen LogP contribution in [0.3, 0.4) is 0 Å². The van der Waals surface area contributed by atoms with E-state index in [4.69, 9.17) is 58.0 Å². The number of hydrogen-bond acceptors (Lipinski definition) is 0. The molecule has 1 aliphatic carbocycles. The first-order chi connectivity index (χ1) is 3.98. The van der Waals surface area contributed by atoms with E-state index in [1.165, 1.54) is 0 Å². The Hall–Kier alpha value is 1.19. The van der Waals surface area contributed by atoms with Crippen LogP contribution in [0, 0.1) is 0 Å². The maximum atomic E-state index is 5.56. The van der Waals surface area contributed by atoms with Crippen LogP contribution in [0.2, 0.25) is 0 Å². The monoisotopic (exact) mass is 224 g/mol. The second kappa shape index (κ2) is 2.35. The molecule has 52 valence electrons. The Balaban J connectivity index is 2.92. The van der Waals surface area contributed by atoms with Crippen LogP contribution in [0.1, 0.15) is 0 Å². The molecule has 0 spiro atoms. The van der Waals surface area contributed by atoms with Gasteiger partial charge in [-0.05, 0) is 0 Å². The number of alkyl halides is 3. The van der Waals surface area contributed by atoms with Gasteiger partial charge in [-0.15, -0.1) is 11.6 Å². The van der Waals surface area contributed by atoms with E-state index in [2.05, 4.69) is 0 Å². The average Bonchev–Trinajstić information content (AvgIpc) is 1.84. The third-order valence-electron chi connectivity index (χ3n) is 1.04. The molecule has 1 rings (SSSR count). The van der Waals surface area contributed by atoms with Crippen molar-refractivity contribution < 1.29 is 0 Å². The van der Waals surface area contributed by atoms with Crippen molar-refractivity contribution in [1.29, 1.82) is 0 Å². The summed E-state index contributed by atoms with van der Waals surface area (Å²) in [6.45, 7) is 0. The molecule has 0 aromatic carbocycles. The lowest BCUT2D eigenvalue weighted by Gasteiger charge is -2.34. The van der Waals surface area contributed by atoms with Gasteiger partial charge in [-0.25, -0.2) is 0 Å². The predicted molar refractivity (Wildman–Crippen MR) is 42.8 cm³/mol. The second-order valence-corrected chi connectivity index (χ2v) is 4.25. The smallest absolute Gasteiger partial charge is 0.113 e. The first kappa shape index (κ1) is 8.29. The van der Waals surface area contributed by atoms with Gasteiger partial charge >= 0.3 is 0 Å². The number of allylic oxidation sites excluding steroid dienone is 2. The van der Waals surface area contributed by atoms with E-state index in [1.54, 1.807) is 0 Å². The topological polar surface area (TPSA) is 0 Å². The molecule has 0 fully saturated rings. The molecule has 0 aromatic rings. The molecule has 0 radical (unpaired) electrons. The van der Waals surface area contributed by atoms with Crippen LogP contribution in [-0.2, 0) is 0 Å². The minimum absolute atomic E-state index is 0.229. The van der Waals surface area contributed by atoms with E-state index in [9.17, 15) is 0 Å².